The van der Waals surface area contributed by atoms with Gasteiger partial charge in [-0.05, 0) is 18.4 Å². The zero-order valence-corrected chi connectivity index (χ0v) is 9.32. The summed E-state index contributed by atoms with van der Waals surface area (Å²) < 4.78 is 0. The number of aromatic nitrogens is 1. The number of hydrogen-bond acceptors (Lipinski definition) is 3. The molecule has 82 valence electrons. The summed E-state index contributed by atoms with van der Waals surface area (Å²) in [7, 11) is 0. The zero-order valence-electron chi connectivity index (χ0n) is 9.32. The number of rotatable bonds is 3. The van der Waals surface area contributed by atoms with Crippen LogP contribution in [0.25, 0.3) is 0 Å². The van der Waals surface area contributed by atoms with Crippen molar-refractivity contribution in [2.75, 3.05) is 18.0 Å². The van der Waals surface area contributed by atoms with Gasteiger partial charge in [-0.1, -0.05) is 19.4 Å². The summed E-state index contributed by atoms with van der Waals surface area (Å²) >= 11 is 0. The molecule has 2 N–H and O–H groups in total. The minimum atomic E-state index is 0.580. The second-order valence-electron chi connectivity index (χ2n) is 4.20. The zero-order chi connectivity index (χ0) is 10.7. The van der Waals surface area contributed by atoms with Gasteiger partial charge in [-0.15, -0.1) is 0 Å². The molecule has 3 nitrogen and oxygen atoms in total. The fourth-order valence-electron chi connectivity index (χ4n) is 2.23. The average molecular weight is 205 g/mol. The van der Waals surface area contributed by atoms with Gasteiger partial charge < -0.3 is 10.6 Å². The van der Waals surface area contributed by atoms with Crippen molar-refractivity contribution in [2.45, 2.75) is 26.3 Å². The smallest absolute Gasteiger partial charge is 0.133 e. The van der Waals surface area contributed by atoms with E-state index in [0.29, 0.717) is 6.54 Å². The SMILES string of the molecule is CCC1CCN(c2ncccc2CN)C1. The van der Waals surface area contributed by atoms with Crippen LogP contribution in [0, 0.1) is 5.92 Å². The van der Waals surface area contributed by atoms with Crippen molar-refractivity contribution in [3.05, 3.63) is 23.9 Å². The van der Waals surface area contributed by atoms with Gasteiger partial charge >= 0.3 is 0 Å². The summed E-state index contributed by atoms with van der Waals surface area (Å²) in [6.45, 7) is 5.11. The maximum absolute atomic E-state index is 5.72. The lowest BCUT2D eigenvalue weighted by atomic mass is 10.1. The number of anilines is 1. The van der Waals surface area contributed by atoms with Crippen LogP contribution in [-0.4, -0.2) is 18.1 Å². The van der Waals surface area contributed by atoms with E-state index < -0.39 is 0 Å². The fraction of sp³-hybridized carbons (Fsp3) is 0.583. The highest BCUT2D eigenvalue weighted by Gasteiger charge is 2.23. The van der Waals surface area contributed by atoms with Crippen molar-refractivity contribution < 1.29 is 0 Å². The first kappa shape index (κ1) is 10.4. The lowest BCUT2D eigenvalue weighted by molar-refractivity contribution is 0.568. The largest absolute Gasteiger partial charge is 0.356 e. The van der Waals surface area contributed by atoms with Gasteiger partial charge in [0.05, 0.1) is 0 Å². The van der Waals surface area contributed by atoms with E-state index in [2.05, 4.69) is 22.9 Å². The Hall–Kier alpha value is -1.09. The van der Waals surface area contributed by atoms with Crippen molar-refractivity contribution in [2.24, 2.45) is 11.7 Å². The maximum Gasteiger partial charge on any atom is 0.133 e. The molecule has 0 spiro atoms. The Morgan fingerprint density at radius 1 is 1.60 bits per heavy atom. The van der Waals surface area contributed by atoms with E-state index in [9.17, 15) is 0 Å². The predicted octanol–water partition coefficient (Wildman–Crippen LogP) is 1.78. The molecule has 0 aromatic carbocycles. The molecule has 15 heavy (non-hydrogen) atoms. The van der Waals surface area contributed by atoms with E-state index in [1.165, 1.54) is 12.8 Å². The highest BCUT2D eigenvalue weighted by Crippen LogP contribution is 2.26. The van der Waals surface area contributed by atoms with Crippen molar-refractivity contribution in [1.29, 1.82) is 0 Å². The second kappa shape index (κ2) is 4.62. The fourth-order valence-corrected chi connectivity index (χ4v) is 2.23. The van der Waals surface area contributed by atoms with Gasteiger partial charge in [-0.2, -0.15) is 0 Å². The van der Waals surface area contributed by atoms with Crippen LogP contribution < -0.4 is 10.6 Å². The van der Waals surface area contributed by atoms with E-state index in [0.717, 1.165) is 30.4 Å². The first-order valence-electron chi connectivity index (χ1n) is 5.74. The van der Waals surface area contributed by atoms with Gasteiger partial charge in [0.15, 0.2) is 0 Å². The Bertz CT molecular complexity index is 324. The third-order valence-electron chi connectivity index (χ3n) is 3.25. The van der Waals surface area contributed by atoms with Crippen LogP contribution in [0.15, 0.2) is 18.3 Å². The predicted molar refractivity (Wildman–Crippen MR) is 62.7 cm³/mol. The Morgan fingerprint density at radius 2 is 2.47 bits per heavy atom. The van der Waals surface area contributed by atoms with Crippen molar-refractivity contribution in [3.63, 3.8) is 0 Å². The minimum absolute atomic E-state index is 0.580. The van der Waals surface area contributed by atoms with E-state index >= 15 is 0 Å². The molecule has 0 saturated carbocycles. The third-order valence-corrected chi connectivity index (χ3v) is 3.25. The molecule has 1 aliphatic rings. The topological polar surface area (TPSA) is 42.2 Å². The molecule has 0 radical (unpaired) electrons. The van der Waals surface area contributed by atoms with Gasteiger partial charge in [-0.3, -0.25) is 0 Å². The van der Waals surface area contributed by atoms with Gasteiger partial charge in [0.1, 0.15) is 5.82 Å². The Kier molecular flexibility index (Phi) is 3.21. The molecule has 1 aliphatic heterocycles. The van der Waals surface area contributed by atoms with Gasteiger partial charge in [0.2, 0.25) is 0 Å². The van der Waals surface area contributed by atoms with Crippen LogP contribution >= 0.6 is 0 Å². The summed E-state index contributed by atoms with van der Waals surface area (Å²) in [5, 5.41) is 0. The summed E-state index contributed by atoms with van der Waals surface area (Å²) in [5.74, 6) is 1.92. The first-order valence-corrected chi connectivity index (χ1v) is 5.74. The van der Waals surface area contributed by atoms with Crippen molar-refractivity contribution >= 4 is 5.82 Å². The van der Waals surface area contributed by atoms with Crippen LogP contribution in [0.5, 0.6) is 0 Å². The van der Waals surface area contributed by atoms with Crippen molar-refractivity contribution in [3.8, 4) is 0 Å². The third kappa shape index (κ3) is 2.12. The van der Waals surface area contributed by atoms with Crippen LogP contribution in [0.1, 0.15) is 25.3 Å². The molecule has 1 saturated heterocycles. The molecule has 0 amide bonds. The number of nitrogens with zero attached hydrogens (tertiary/aromatic N) is 2. The Morgan fingerprint density at radius 3 is 3.13 bits per heavy atom. The van der Waals surface area contributed by atoms with Gasteiger partial charge in [0, 0.05) is 31.4 Å². The van der Waals surface area contributed by atoms with Crippen LogP contribution in [0.2, 0.25) is 0 Å². The van der Waals surface area contributed by atoms with Gasteiger partial charge in [-0.25, -0.2) is 4.98 Å². The summed E-state index contributed by atoms with van der Waals surface area (Å²) in [6, 6.07) is 4.03. The highest BCUT2D eigenvalue weighted by molar-refractivity contribution is 5.47. The van der Waals surface area contributed by atoms with Crippen molar-refractivity contribution in [1.82, 2.24) is 4.98 Å². The summed E-state index contributed by atoms with van der Waals surface area (Å²) in [4.78, 5) is 6.82. The second-order valence-corrected chi connectivity index (χ2v) is 4.20. The molecule has 3 heteroatoms. The van der Waals surface area contributed by atoms with Crippen LogP contribution in [0.4, 0.5) is 5.82 Å². The average Bonchev–Trinajstić information content (AvgIpc) is 2.77. The van der Waals surface area contributed by atoms with E-state index in [4.69, 9.17) is 5.73 Å². The standard InChI is InChI=1S/C12H19N3/c1-2-10-5-7-15(9-10)12-11(8-13)4-3-6-14-12/h3-4,6,10H,2,5,7-9,13H2,1H3. The molecular weight excluding hydrogens is 186 g/mol. The van der Waals surface area contributed by atoms with Crippen LogP contribution in [-0.2, 0) is 6.54 Å². The molecule has 2 rings (SSSR count). The number of pyridine rings is 1. The molecule has 1 aromatic heterocycles. The molecule has 1 aromatic rings. The van der Waals surface area contributed by atoms with E-state index in [1.807, 2.05) is 12.3 Å². The number of hydrogen-bond donors (Lipinski definition) is 1. The quantitative estimate of drug-likeness (QED) is 0.818. The normalized spacial score (nSPS) is 20.9. The molecular formula is C12H19N3. The van der Waals surface area contributed by atoms with E-state index in [1.54, 1.807) is 0 Å². The summed E-state index contributed by atoms with van der Waals surface area (Å²) in [6.07, 6.45) is 4.41. The lowest BCUT2D eigenvalue weighted by Gasteiger charge is -2.19. The monoisotopic (exact) mass is 205 g/mol. The highest BCUT2D eigenvalue weighted by atomic mass is 15.2. The van der Waals surface area contributed by atoms with E-state index in [-0.39, 0.29) is 0 Å². The summed E-state index contributed by atoms with van der Waals surface area (Å²) in [5.41, 5.74) is 6.88. The Balaban J connectivity index is 2.16. The molecule has 0 bridgehead atoms. The molecule has 2 heterocycles. The molecule has 0 aliphatic carbocycles. The molecule has 1 unspecified atom stereocenters. The maximum atomic E-state index is 5.72. The first-order chi connectivity index (χ1) is 7.35. The molecule has 1 atom stereocenters. The number of nitrogens with two attached hydrogens (primary N) is 1. The van der Waals surface area contributed by atoms with Crippen LogP contribution in [0.3, 0.4) is 0 Å². The lowest BCUT2D eigenvalue weighted by Crippen LogP contribution is -2.22. The Labute approximate surface area is 91.3 Å². The molecule has 1 fully saturated rings. The van der Waals surface area contributed by atoms with Gasteiger partial charge in [0.25, 0.3) is 0 Å². The minimum Gasteiger partial charge on any atom is -0.356 e.